The molecule has 1 aliphatic rings. The standard InChI is InChI=1S/C15H23NO2S/c1-3-12-19(17,18)14-8-6-13(7-9-14)16-15(2)10-4-5-11-15/h6-9,16H,3-5,10-12H2,1-2H3. The molecule has 0 atom stereocenters. The van der Waals surface area contributed by atoms with E-state index in [1.807, 2.05) is 19.1 Å². The Labute approximate surface area is 116 Å². The average molecular weight is 281 g/mol. The molecule has 2 rings (SSSR count). The summed E-state index contributed by atoms with van der Waals surface area (Å²) in [5.41, 5.74) is 1.18. The van der Waals surface area contributed by atoms with E-state index >= 15 is 0 Å². The fourth-order valence-corrected chi connectivity index (χ4v) is 4.08. The lowest BCUT2D eigenvalue weighted by molar-refractivity contribution is 0.533. The van der Waals surface area contributed by atoms with Crippen LogP contribution in [0.25, 0.3) is 0 Å². The highest BCUT2D eigenvalue weighted by Crippen LogP contribution is 2.32. The molecule has 0 bridgehead atoms. The lowest BCUT2D eigenvalue weighted by atomic mass is 10.0. The molecular formula is C15H23NO2S. The summed E-state index contributed by atoms with van der Waals surface area (Å²) in [6, 6.07) is 7.19. The van der Waals surface area contributed by atoms with Crippen LogP contribution in [0.3, 0.4) is 0 Å². The van der Waals surface area contributed by atoms with Crippen LogP contribution in [0.4, 0.5) is 5.69 Å². The van der Waals surface area contributed by atoms with E-state index in [1.54, 1.807) is 12.1 Å². The second kappa shape index (κ2) is 5.53. The first-order chi connectivity index (χ1) is 8.95. The van der Waals surface area contributed by atoms with Gasteiger partial charge in [0, 0.05) is 11.2 Å². The maximum atomic E-state index is 11.9. The van der Waals surface area contributed by atoms with Crippen molar-refractivity contribution >= 4 is 15.5 Å². The minimum Gasteiger partial charge on any atom is -0.380 e. The molecule has 19 heavy (non-hydrogen) atoms. The lowest BCUT2D eigenvalue weighted by Gasteiger charge is -2.26. The molecule has 106 valence electrons. The van der Waals surface area contributed by atoms with Crippen molar-refractivity contribution in [2.75, 3.05) is 11.1 Å². The number of rotatable bonds is 5. The minimum atomic E-state index is -3.10. The highest BCUT2D eigenvalue weighted by Gasteiger charge is 2.28. The van der Waals surface area contributed by atoms with Crippen molar-refractivity contribution in [3.05, 3.63) is 24.3 Å². The van der Waals surface area contributed by atoms with E-state index in [-0.39, 0.29) is 11.3 Å². The van der Waals surface area contributed by atoms with Crippen molar-refractivity contribution in [2.45, 2.75) is 56.4 Å². The summed E-state index contributed by atoms with van der Waals surface area (Å²) in [7, 11) is -3.10. The number of hydrogen-bond donors (Lipinski definition) is 1. The second-order valence-electron chi connectivity index (χ2n) is 5.74. The van der Waals surface area contributed by atoms with Crippen LogP contribution in [0.2, 0.25) is 0 Å². The molecular weight excluding hydrogens is 258 g/mol. The van der Waals surface area contributed by atoms with Gasteiger partial charge in [-0.2, -0.15) is 0 Å². The zero-order chi connectivity index (χ0) is 13.9. The smallest absolute Gasteiger partial charge is 0.178 e. The van der Waals surface area contributed by atoms with Crippen LogP contribution in [0.5, 0.6) is 0 Å². The van der Waals surface area contributed by atoms with Crippen LogP contribution in [0.1, 0.15) is 46.0 Å². The summed E-state index contributed by atoms with van der Waals surface area (Å²) < 4.78 is 23.9. The molecule has 1 aromatic carbocycles. The van der Waals surface area contributed by atoms with Crippen LogP contribution < -0.4 is 5.32 Å². The molecule has 4 heteroatoms. The number of anilines is 1. The zero-order valence-corrected chi connectivity index (χ0v) is 12.6. The average Bonchev–Trinajstić information content (AvgIpc) is 2.76. The van der Waals surface area contributed by atoms with Crippen molar-refractivity contribution in [1.29, 1.82) is 0 Å². The van der Waals surface area contributed by atoms with Gasteiger partial charge in [-0.25, -0.2) is 8.42 Å². The van der Waals surface area contributed by atoms with Crippen LogP contribution in [-0.4, -0.2) is 19.7 Å². The Morgan fingerprint density at radius 2 is 1.74 bits per heavy atom. The van der Waals surface area contributed by atoms with Gasteiger partial charge in [-0.3, -0.25) is 0 Å². The first-order valence-corrected chi connectivity index (χ1v) is 8.71. The fraction of sp³-hybridized carbons (Fsp3) is 0.600. The van der Waals surface area contributed by atoms with Crippen molar-refractivity contribution < 1.29 is 8.42 Å². The third-order valence-corrected chi connectivity index (χ3v) is 5.78. The fourth-order valence-electron chi connectivity index (χ4n) is 2.76. The van der Waals surface area contributed by atoms with Gasteiger partial charge in [-0.15, -0.1) is 0 Å². The Bertz CT molecular complexity index is 514. The maximum Gasteiger partial charge on any atom is 0.178 e. The molecule has 0 amide bonds. The van der Waals surface area contributed by atoms with Gasteiger partial charge in [0.1, 0.15) is 0 Å². The number of sulfone groups is 1. The molecule has 1 aliphatic carbocycles. The van der Waals surface area contributed by atoms with Gasteiger partial charge in [0.05, 0.1) is 10.6 Å². The summed E-state index contributed by atoms with van der Waals surface area (Å²) in [6.45, 7) is 4.12. The first-order valence-electron chi connectivity index (χ1n) is 7.06. The van der Waals surface area contributed by atoms with Crippen LogP contribution in [0, 0.1) is 0 Å². The lowest BCUT2D eigenvalue weighted by Crippen LogP contribution is -2.30. The van der Waals surface area contributed by atoms with E-state index < -0.39 is 9.84 Å². The van der Waals surface area contributed by atoms with E-state index in [0.717, 1.165) is 5.69 Å². The highest BCUT2D eigenvalue weighted by atomic mass is 32.2. The van der Waals surface area contributed by atoms with Gasteiger partial charge in [-0.05, 0) is 50.5 Å². The summed E-state index contributed by atoms with van der Waals surface area (Å²) in [5.74, 6) is 0.220. The second-order valence-corrected chi connectivity index (χ2v) is 7.85. The van der Waals surface area contributed by atoms with E-state index in [1.165, 1.54) is 25.7 Å². The maximum absolute atomic E-state index is 11.9. The first kappa shape index (κ1) is 14.4. The molecule has 0 unspecified atom stereocenters. The zero-order valence-electron chi connectivity index (χ0n) is 11.8. The molecule has 0 heterocycles. The molecule has 1 saturated carbocycles. The predicted octanol–water partition coefficient (Wildman–Crippen LogP) is 3.61. The Balaban J connectivity index is 2.10. The summed E-state index contributed by atoms with van der Waals surface area (Å²) in [6.07, 6.45) is 5.56. The topological polar surface area (TPSA) is 46.2 Å². The Morgan fingerprint density at radius 3 is 2.26 bits per heavy atom. The Hall–Kier alpha value is -1.03. The number of nitrogens with one attached hydrogen (secondary N) is 1. The van der Waals surface area contributed by atoms with Crippen molar-refractivity contribution in [2.24, 2.45) is 0 Å². The van der Waals surface area contributed by atoms with E-state index in [4.69, 9.17) is 0 Å². The molecule has 0 aromatic heterocycles. The monoisotopic (exact) mass is 281 g/mol. The molecule has 3 nitrogen and oxygen atoms in total. The van der Waals surface area contributed by atoms with Crippen molar-refractivity contribution in [1.82, 2.24) is 0 Å². The van der Waals surface area contributed by atoms with Crippen LogP contribution >= 0.6 is 0 Å². The van der Waals surface area contributed by atoms with Crippen LogP contribution in [0.15, 0.2) is 29.2 Å². The van der Waals surface area contributed by atoms with Crippen LogP contribution in [-0.2, 0) is 9.84 Å². The van der Waals surface area contributed by atoms with Gasteiger partial charge in [0.25, 0.3) is 0 Å². The Kier molecular flexibility index (Phi) is 4.19. The summed E-state index contributed by atoms with van der Waals surface area (Å²) >= 11 is 0. The SMILES string of the molecule is CCCS(=O)(=O)c1ccc(NC2(C)CCCC2)cc1. The van der Waals surface area contributed by atoms with Gasteiger partial charge < -0.3 is 5.32 Å². The molecule has 0 aliphatic heterocycles. The molecule has 0 saturated heterocycles. The molecule has 1 fully saturated rings. The largest absolute Gasteiger partial charge is 0.380 e. The molecule has 1 aromatic rings. The Morgan fingerprint density at radius 1 is 1.16 bits per heavy atom. The normalized spacial score (nSPS) is 18.4. The predicted molar refractivity (Wildman–Crippen MR) is 79.3 cm³/mol. The molecule has 0 radical (unpaired) electrons. The third kappa shape index (κ3) is 3.50. The summed E-state index contributed by atoms with van der Waals surface area (Å²) in [5, 5.41) is 3.53. The van der Waals surface area contributed by atoms with Crippen molar-refractivity contribution in [3.8, 4) is 0 Å². The third-order valence-electron chi connectivity index (χ3n) is 3.84. The quantitative estimate of drug-likeness (QED) is 0.896. The van der Waals surface area contributed by atoms with Gasteiger partial charge in [0.15, 0.2) is 9.84 Å². The highest BCUT2D eigenvalue weighted by molar-refractivity contribution is 7.91. The van der Waals surface area contributed by atoms with Crippen molar-refractivity contribution in [3.63, 3.8) is 0 Å². The number of benzene rings is 1. The molecule has 1 N–H and O–H groups in total. The van der Waals surface area contributed by atoms with Gasteiger partial charge in [-0.1, -0.05) is 19.8 Å². The van der Waals surface area contributed by atoms with E-state index in [9.17, 15) is 8.42 Å². The van der Waals surface area contributed by atoms with Gasteiger partial charge >= 0.3 is 0 Å². The van der Waals surface area contributed by atoms with E-state index in [0.29, 0.717) is 11.3 Å². The number of hydrogen-bond acceptors (Lipinski definition) is 3. The minimum absolute atomic E-state index is 0.170. The van der Waals surface area contributed by atoms with Gasteiger partial charge in [0.2, 0.25) is 0 Å². The molecule has 0 spiro atoms. The van der Waals surface area contributed by atoms with E-state index in [2.05, 4.69) is 12.2 Å². The summed E-state index contributed by atoms with van der Waals surface area (Å²) in [4.78, 5) is 0.427.